The van der Waals surface area contributed by atoms with Crippen molar-refractivity contribution in [2.45, 2.75) is 62.7 Å². The SMILES string of the molecule is NC(=O)CC(NC(=O)C1CCCN1C(=O)C(Cc1ccccc1)NC(=O)C1CCCN1)C(=O)O. The molecule has 2 heterocycles. The number of aliphatic carboxylic acids is 1. The monoisotopic (exact) mass is 473 g/mol. The van der Waals surface area contributed by atoms with E-state index < -0.39 is 48.2 Å². The van der Waals surface area contributed by atoms with Crippen LogP contribution in [0.2, 0.25) is 0 Å². The summed E-state index contributed by atoms with van der Waals surface area (Å²) in [7, 11) is 0. The lowest BCUT2D eigenvalue weighted by Gasteiger charge is -2.30. The first kappa shape index (κ1) is 25.2. The lowest BCUT2D eigenvalue weighted by Crippen LogP contribution is -2.57. The zero-order valence-corrected chi connectivity index (χ0v) is 18.9. The van der Waals surface area contributed by atoms with E-state index in [9.17, 15) is 29.1 Å². The number of carboxylic acids is 1. The first-order valence-electron chi connectivity index (χ1n) is 11.5. The number of rotatable bonds is 10. The van der Waals surface area contributed by atoms with E-state index in [2.05, 4.69) is 16.0 Å². The van der Waals surface area contributed by atoms with Crippen molar-refractivity contribution < 1.29 is 29.1 Å². The van der Waals surface area contributed by atoms with Crippen LogP contribution in [0.3, 0.4) is 0 Å². The number of hydrogen-bond acceptors (Lipinski definition) is 6. The molecule has 1 aromatic rings. The minimum atomic E-state index is -1.48. The number of benzene rings is 1. The number of carboxylic acid groups (broad SMARTS) is 1. The summed E-state index contributed by atoms with van der Waals surface area (Å²) in [6.07, 6.45) is 2.15. The fraction of sp³-hybridized carbons (Fsp3) is 0.522. The van der Waals surface area contributed by atoms with E-state index in [1.54, 1.807) is 0 Å². The smallest absolute Gasteiger partial charge is 0.326 e. The van der Waals surface area contributed by atoms with Gasteiger partial charge in [-0.3, -0.25) is 19.2 Å². The topological polar surface area (TPSA) is 171 Å². The fourth-order valence-corrected chi connectivity index (χ4v) is 4.40. The normalized spacial score (nSPS) is 21.5. The minimum absolute atomic E-state index is 0.252. The lowest BCUT2D eigenvalue weighted by atomic mass is 10.0. The number of nitrogens with one attached hydrogen (secondary N) is 3. The molecule has 34 heavy (non-hydrogen) atoms. The van der Waals surface area contributed by atoms with E-state index in [1.807, 2.05) is 30.3 Å². The Morgan fingerprint density at radius 1 is 1.03 bits per heavy atom. The summed E-state index contributed by atoms with van der Waals surface area (Å²) in [5.41, 5.74) is 5.94. The molecule has 2 aliphatic rings. The third-order valence-corrected chi connectivity index (χ3v) is 6.13. The Balaban J connectivity index is 1.75. The van der Waals surface area contributed by atoms with Crippen molar-refractivity contribution in [2.24, 2.45) is 5.73 Å². The van der Waals surface area contributed by atoms with E-state index in [-0.39, 0.29) is 18.4 Å². The molecule has 2 fully saturated rings. The van der Waals surface area contributed by atoms with Crippen molar-refractivity contribution in [1.82, 2.24) is 20.9 Å². The maximum absolute atomic E-state index is 13.5. The van der Waals surface area contributed by atoms with Crippen molar-refractivity contribution in [2.75, 3.05) is 13.1 Å². The largest absolute Gasteiger partial charge is 0.480 e. The number of amides is 4. The van der Waals surface area contributed by atoms with Crippen LogP contribution in [-0.2, 0) is 30.4 Å². The predicted octanol–water partition coefficient (Wildman–Crippen LogP) is -1.10. The molecule has 0 bridgehead atoms. The van der Waals surface area contributed by atoms with Gasteiger partial charge in [-0.25, -0.2) is 4.79 Å². The van der Waals surface area contributed by atoms with Gasteiger partial charge >= 0.3 is 5.97 Å². The van der Waals surface area contributed by atoms with Crippen molar-refractivity contribution in [3.63, 3.8) is 0 Å². The van der Waals surface area contributed by atoms with Gasteiger partial charge in [0.25, 0.3) is 0 Å². The highest BCUT2D eigenvalue weighted by molar-refractivity contribution is 5.95. The quantitative estimate of drug-likeness (QED) is 0.287. The number of nitrogens with two attached hydrogens (primary N) is 1. The van der Waals surface area contributed by atoms with Crippen LogP contribution in [0.1, 0.15) is 37.7 Å². The van der Waals surface area contributed by atoms with Gasteiger partial charge in [0.05, 0.1) is 12.5 Å². The minimum Gasteiger partial charge on any atom is -0.480 e. The molecule has 2 aliphatic heterocycles. The van der Waals surface area contributed by atoms with Gasteiger partial charge in [0.1, 0.15) is 18.1 Å². The van der Waals surface area contributed by atoms with E-state index in [4.69, 9.17) is 5.73 Å². The van der Waals surface area contributed by atoms with Gasteiger partial charge in [0.2, 0.25) is 23.6 Å². The number of carbonyl (C=O) groups excluding carboxylic acids is 4. The number of likely N-dealkylation sites (tertiary alicyclic amines) is 1. The number of primary amides is 1. The van der Waals surface area contributed by atoms with Crippen molar-refractivity contribution in [3.05, 3.63) is 35.9 Å². The Morgan fingerprint density at radius 2 is 1.74 bits per heavy atom. The van der Waals surface area contributed by atoms with Crippen LogP contribution in [0.4, 0.5) is 0 Å². The molecule has 184 valence electrons. The van der Waals surface area contributed by atoms with Gasteiger partial charge in [0, 0.05) is 13.0 Å². The lowest BCUT2D eigenvalue weighted by molar-refractivity contribution is -0.145. The van der Waals surface area contributed by atoms with Gasteiger partial charge in [-0.2, -0.15) is 0 Å². The molecule has 11 nitrogen and oxygen atoms in total. The third-order valence-electron chi connectivity index (χ3n) is 6.13. The van der Waals surface area contributed by atoms with Crippen LogP contribution in [-0.4, -0.2) is 76.9 Å². The highest BCUT2D eigenvalue weighted by Gasteiger charge is 2.39. The van der Waals surface area contributed by atoms with Gasteiger partial charge in [-0.15, -0.1) is 0 Å². The molecule has 0 spiro atoms. The van der Waals surface area contributed by atoms with Crippen LogP contribution in [0.5, 0.6) is 0 Å². The molecular formula is C23H31N5O6. The molecule has 6 N–H and O–H groups in total. The van der Waals surface area contributed by atoms with Gasteiger partial charge in [0.15, 0.2) is 0 Å². The Kier molecular flexibility index (Phi) is 8.58. The molecule has 4 amide bonds. The molecule has 0 saturated carbocycles. The molecule has 3 rings (SSSR count). The van der Waals surface area contributed by atoms with Gasteiger partial charge in [-0.05, 0) is 37.8 Å². The third kappa shape index (κ3) is 6.53. The second-order valence-corrected chi connectivity index (χ2v) is 8.66. The molecule has 1 aromatic carbocycles. The van der Waals surface area contributed by atoms with E-state index in [1.165, 1.54) is 4.90 Å². The highest BCUT2D eigenvalue weighted by Crippen LogP contribution is 2.20. The molecule has 0 radical (unpaired) electrons. The van der Waals surface area contributed by atoms with Gasteiger partial charge < -0.3 is 31.7 Å². The van der Waals surface area contributed by atoms with Crippen LogP contribution in [0, 0.1) is 0 Å². The summed E-state index contributed by atoms with van der Waals surface area (Å²) in [5.74, 6) is -3.59. The summed E-state index contributed by atoms with van der Waals surface area (Å²) < 4.78 is 0. The van der Waals surface area contributed by atoms with E-state index >= 15 is 0 Å². The molecule has 2 saturated heterocycles. The Bertz CT molecular complexity index is 918. The zero-order valence-electron chi connectivity index (χ0n) is 18.9. The van der Waals surface area contributed by atoms with Crippen molar-refractivity contribution in [3.8, 4) is 0 Å². The summed E-state index contributed by atoms with van der Waals surface area (Å²) in [6, 6.07) is 5.62. The van der Waals surface area contributed by atoms with E-state index in [0.717, 1.165) is 18.5 Å². The average molecular weight is 474 g/mol. The van der Waals surface area contributed by atoms with Crippen molar-refractivity contribution >= 4 is 29.6 Å². The first-order valence-corrected chi connectivity index (χ1v) is 11.5. The Hall–Kier alpha value is -3.47. The maximum Gasteiger partial charge on any atom is 0.326 e. The molecular weight excluding hydrogens is 442 g/mol. The molecule has 4 atom stereocenters. The van der Waals surface area contributed by atoms with Crippen molar-refractivity contribution in [1.29, 1.82) is 0 Å². The second-order valence-electron chi connectivity index (χ2n) is 8.66. The molecule has 4 unspecified atom stereocenters. The zero-order chi connectivity index (χ0) is 24.7. The standard InChI is InChI=1S/C23H31N5O6/c24-19(29)13-17(23(33)34)27-21(31)18-9-5-11-28(18)22(32)16(12-14-6-2-1-3-7-14)26-20(30)15-8-4-10-25-15/h1-3,6-7,15-18,25H,4-5,8-13H2,(H2,24,29)(H,26,30)(H,27,31)(H,33,34). The molecule has 0 aromatic heterocycles. The Morgan fingerprint density at radius 3 is 2.35 bits per heavy atom. The molecule has 11 heteroatoms. The highest BCUT2D eigenvalue weighted by atomic mass is 16.4. The Labute approximate surface area is 197 Å². The van der Waals surface area contributed by atoms with Gasteiger partial charge in [-0.1, -0.05) is 30.3 Å². The second kappa shape index (κ2) is 11.6. The number of nitrogens with zero attached hydrogens (tertiary/aromatic N) is 1. The summed E-state index contributed by atoms with van der Waals surface area (Å²) >= 11 is 0. The van der Waals surface area contributed by atoms with Crippen LogP contribution < -0.4 is 21.7 Å². The number of carbonyl (C=O) groups is 5. The summed E-state index contributed by atoms with van der Waals surface area (Å²) in [4.78, 5) is 63.1. The summed E-state index contributed by atoms with van der Waals surface area (Å²) in [6.45, 7) is 1.03. The van der Waals surface area contributed by atoms with Crippen LogP contribution in [0.25, 0.3) is 0 Å². The number of hydrogen-bond donors (Lipinski definition) is 5. The average Bonchev–Trinajstić information content (AvgIpc) is 3.50. The van der Waals surface area contributed by atoms with Crippen LogP contribution in [0.15, 0.2) is 30.3 Å². The molecule has 0 aliphatic carbocycles. The fourth-order valence-electron chi connectivity index (χ4n) is 4.40. The summed E-state index contributed by atoms with van der Waals surface area (Å²) in [5, 5.41) is 17.6. The first-order chi connectivity index (χ1) is 16.3. The van der Waals surface area contributed by atoms with Crippen LogP contribution >= 0.6 is 0 Å². The predicted molar refractivity (Wildman–Crippen MR) is 121 cm³/mol. The van der Waals surface area contributed by atoms with E-state index in [0.29, 0.717) is 25.8 Å². The maximum atomic E-state index is 13.5.